The van der Waals surface area contributed by atoms with E-state index in [-0.39, 0.29) is 5.91 Å². The summed E-state index contributed by atoms with van der Waals surface area (Å²) in [5.74, 6) is 2.96. The number of carbonyl (C=O) groups is 1. The van der Waals surface area contributed by atoms with Crippen molar-refractivity contribution in [2.75, 3.05) is 38.0 Å². The highest BCUT2D eigenvalue weighted by atomic mass is 16.6. The third-order valence-electron chi connectivity index (χ3n) is 7.98. The number of aromatic nitrogens is 2. The fourth-order valence-corrected chi connectivity index (χ4v) is 7.13. The third-order valence-corrected chi connectivity index (χ3v) is 7.98. The zero-order valence-electron chi connectivity index (χ0n) is 16.8. The molecule has 1 aromatic heterocycles. The molecule has 2 heterocycles. The molecule has 154 valence electrons. The lowest BCUT2D eigenvalue weighted by atomic mass is 9.52. The maximum Gasteiger partial charge on any atom is 0.238 e. The van der Waals surface area contributed by atoms with Gasteiger partial charge in [0.25, 0.3) is 0 Å². The molecule has 29 heavy (non-hydrogen) atoms. The first-order chi connectivity index (χ1) is 14.2. The Kier molecular flexibility index (Phi) is 4.17. The summed E-state index contributed by atoms with van der Waals surface area (Å²) in [6.45, 7) is 4.58. The van der Waals surface area contributed by atoms with Gasteiger partial charge in [0.2, 0.25) is 5.91 Å². The lowest BCUT2D eigenvalue weighted by Crippen LogP contribution is -2.64. The van der Waals surface area contributed by atoms with Gasteiger partial charge in [0.15, 0.2) is 5.52 Å². The van der Waals surface area contributed by atoms with Gasteiger partial charge < -0.3 is 5.32 Å². The van der Waals surface area contributed by atoms with Crippen LogP contribution in [-0.4, -0.2) is 64.3 Å². The minimum atomic E-state index is 0.00348. The summed E-state index contributed by atoms with van der Waals surface area (Å²) in [6.07, 6.45) is 8.76. The summed E-state index contributed by atoms with van der Waals surface area (Å²) in [7, 11) is 0. The van der Waals surface area contributed by atoms with Gasteiger partial charge >= 0.3 is 0 Å². The zero-order valence-corrected chi connectivity index (χ0v) is 16.8. The van der Waals surface area contributed by atoms with Crippen molar-refractivity contribution < 1.29 is 9.42 Å². The Hall–Kier alpha value is -1.99. The monoisotopic (exact) mass is 395 g/mol. The average Bonchev–Trinajstić information content (AvgIpc) is 3.17. The molecular formula is C22H29N5O2. The zero-order chi connectivity index (χ0) is 19.4. The van der Waals surface area contributed by atoms with Crippen molar-refractivity contribution in [1.82, 2.24) is 20.1 Å². The van der Waals surface area contributed by atoms with Gasteiger partial charge in [0.1, 0.15) is 5.52 Å². The van der Waals surface area contributed by atoms with Crippen molar-refractivity contribution in [3.8, 4) is 0 Å². The molecule has 7 heteroatoms. The van der Waals surface area contributed by atoms with E-state index in [1.165, 1.54) is 38.5 Å². The van der Waals surface area contributed by atoms with Gasteiger partial charge in [-0.1, -0.05) is 6.07 Å². The number of nitrogens with zero attached hydrogens (tertiary/aromatic N) is 4. The van der Waals surface area contributed by atoms with Crippen LogP contribution in [0.3, 0.4) is 0 Å². The van der Waals surface area contributed by atoms with Crippen LogP contribution in [0, 0.1) is 17.8 Å². The van der Waals surface area contributed by atoms with Crippen molar-refractivity contribution in [2.45, 2.75) is 44.1 Å². The molecule has 4 bridgehead atoms. The number of piperazine rings is 1. The maximum atomic E-state index is 12.6. The molecule has 5 aliphatic rings. The first-order valence-corrected chi connectivity index (χ1v) is 11.2. The second kappa shape index (κ2) is 6.77. The Morgan fingerprint density at radius 2 is 1.72 bits per heavy atom. The first kappa shape index (κ1) is 17.8. The third kappa shape index (κ3) is 3.15. The van der Waals surface area contributed by atoms with Gasteiger partial charge in [0, 0.05) is 31.7 Å². The number of hydrogen-bond donors (Lipinski definition) is 1. The van der Waals surface area contributed by atoms with Gasteiger partial charge in [-0.15, -0.1) is 0 Å². The molecule has 1 N–H and O–H groups in total. The predicted octanol–water partition coefficient (Wildman–Crippen LogP) is 2.75. The van der Waals surface area contributed by atoms with Gasteiger partial charge in [-0.2, -0.15) is 0 Å². The van der Waals surface area contributed by atoms with E-state index in [0.717, 1.165) is 43.9 Å². The van der Waals surface area contributed by atoms with E-state index in [1.807, 2.05) is 18.2 Å². The number of fused-ring (bicyclic) bond motifs is 1. The van der Waals surface area contributed by atoms with Gasteiger partial charge in [-0.3, -0.25) is 14.6 Å². The van der Waals surface area contributed by atoms with E-state index in [1.54, 1.807) is 0 Å². The molecule has 7 rings (SSSR count). The van der Waals surface area contributed by atoms with Crippen molar-refractivity contribution >= 4 is 22.6 Å². The summed E-state index contributed by atoms with van der Waals surface area (Å²) in [5.41, 5.74) is 2.42. The topological polar surface area (TPSA) is 74.5 Å². The summed E-state index contributed by atoms with van der Waals surface area (Å²) in [4.78, 5) is 17.7. The van der Waals surface area contributed by atoms with E-state index in [0.29, 0.717) is 28.8 Å². The van der Waals surface area contributed by atoms with Crippen LogP contribution in [0.5, 0.6) is 0 Å². The number of carbonyl (C=O) groups excluding carboxylic acids is 1. The summed E-state index contributed by atoms with van der Waals surface area (Å²) < 4.78 is 4.78. The molecule has 0 atom stereocenters. The number of nitrogens with one attached hydrogen (secondary N) is 1. The molecule has 0 spiro atoms. The van der Waals surface area contributed by atoms with Crippen LogP contribution >= 0.6 is 0 Å². The second-order valence-corrected chi connectivity index (χ2v) is 9.89. The first-order valence-electron chi connectivity index (χ1n) is 11.2. The molecule has 5 fully saturated rings. The van der Waals surface area contributed by atoms with Crippen LogP contribution in [0.4, 0.5) is 5.69 Å². The standard InChI is InChI=1S/C22H29N5O2/c28-20(23-18-2-1-3-19-21(18)25-29-24-19)14-26-4-6-27(7-5-26)22-11-15-8-16(12-22)10-17(9-15)13-22/h1-3,15-17H,4-14H2,(H,23,28). The maximum absolute atomic E-state index is 12.6. The van der Waals surface area contributed by atoms with Crippen molar-refractivity contribution in [2.24, 2.45) is 17.8 Å². The number of rotatable bonds is 4. The lowest BCUT2D eigenvalue weighted by Gasteiger charge is -2.61. The van der Waals surface area contributed by atoms with Crippen LogP contribution in [0.1, 0.15) is 38.5 Å². The molecule has 1 amide bonds. The minimum absolute atomic E-state index is 0.00348. The van der Waals surface area contributed by atoms with Crippen LogP contribution in [0.15, 0.2) is 22.8 Å². The van der Waals surface area contributed by atoms with Crippen LogP contribution in [-0.2, 0) is 4.79 Å². The molecule has 4 aliphatic carbocycles. The van der Waals surface area contributed by atoms with E-state index in [9.17, 15) is 4.79 Å². The minimum Gasteiger partial charge on any atom is -0.323 e. The van der Waals surface area contributed by atoms with E-state index in [4.69, 9.17) is 4.63 Å². The molecule has 7 nitrogen and oxygen atoms in total. The fraction of sp³-hybridized carbons (Fsp3) is 0.682. The number of hydrogen-bond acceptors (Lipinski definition) is 6. The molecule has 2 aromatic rings. The number of anilines is 1. The molecule has 1 saturated heterocycles. The fourth-order valence-electron chi connectivity index (χ4n) is 7.13. The van der Waals surface area contributed by atoms with Gasteiger partial charge in [-0.05, 0) is 78.7 Å². The van der Waals surface area contributed by atoms with Crippen LogP contribution < -0.4 is 5.32 Å². The van der Waals surface area contributed by atoms with Crippen molar-refractivity contribution in [3.05, 3.63) is 18.2 Å². The molecular weight excluding hydrogens is 366 g/mol. The Balaban J connectivity index is 1.06. The second-order valence-electron chi connectivity index (χ2n) is 9.89. The van der Waals surface area contributed by atoms with E-state index >= 15 is 0 Å². The Labute approximate surface area is 170 Å². The summed E-state index contributed by atoms with van der Waals surface area (Å²) in [6, 6.07) is 5.52. The SMILES string of the molecule is O=C(CN1CCN(C23CC4CC(CC(C4)C2)C3)CC1)Nc1cccc2nonc12. The number of benzene rings is 1. The Morgan fingerprint density at radius 1 is 1.03 bits per heavy atom. The summed E-state index contributed by atoms with van der Waals surface area (Å²) >= 11 is 0. The van der Waals surface area contributed by atoms with E-state index in [2.05, 4.69) is 25.4 Å². The Bertz CT molecular complexity index is 882. The van der Waals surface area contributed by atoms with Crippen molar-refractivity contribution in [3.63, 3.8) is 0 Å². The quantitative estimate of drug-likeness (QED) is 0.858. The van der Waals surface area contributed by atoms with Crippen molar-refractivity contribution in [1.29, 1.82) is 0 Å². The molecule has 0 radical (unpaired) electrons. The Morgan fingerprint density at radius 3 is 2.41 bits per heavy atom. The van der Waals surface area contributed by atoms with Gasteiger partial charge in [-0.25, -0.2) is 4.63 Å². The predicted molar refractivity (Wildman–Crippen MR) is 109 cm³/mol. The average molecular weight is 396 g/mol. The smallest absolute Gasteiger partial charge is 0.238 e. The van der Waals surface area contributed by atoms with Gasteiger partial charge in [0.05, 0.1) is 12.2 Å². The highest BCUT2D eigenvalue weighted by Gasteiger charge is 2.53. The molecule has 1 aromatic carbocycles. The molecule has 4 saturated carbocycles. The lowest BCUT2D eigenvalue weighted by molar-refractivity contribution is -0.120. The van der Waals surface area contributed by atoms with E-state index < -0.39 is 0 Å². The summed E-state index contributed by atoms with van der Waals surface area (Å²) in [5, 5.41) is 10.7. The van der Waals surface area contributed by atoms with Crippen LogP contribution in [0.2, 0.25) is 0 Å². The molecule has 0 unspecified atom stereocenters. The highest BCUT2D eigenvalue weighted by molar-refractivity contribution is 5.99. The number of amides is 1. The highest BCUT2D eigenvalue weighted by Crippen LogP contribution is 2.57. The largest absolute Gasteiger partial charge is 0.323 e. The normalized spacial score (nSPS) is 34.7. The van der Waals surface area contributed by atoms with Crippen LogP contribution in [0.25, 0.3) is 11.0 Å². The molecule has 1 aliphatic heterocycles.